The van der Waals surface area contributed by atoms with Gasteiger partial charge in [0.2, 0.25) is 0 Å². The Morgan fingerprint density at radius 3 is 2.61 bits per heavy atom. The highest BCUT2D eigenvalue weighted by Crippen LogP contribution is 2.25. The Morgan fingerprint density at radius 1 is 1.50 bits per heavy atom. The second-order valence-electron chi connectivity index (χ2n) is 3.68. The summed E-state index contributed by atoms with van der Waals surface area (Å²) in [5, 5.41) is 8.91. The van der Waals surface area contributed by atoms with E-state index in [2.05, 4.69) is 4.74 Å². The zero-order valence-corrected chi connectivity index (χ0v) is 9.49. The predicted octanol–water partition coefficient (Wildman–Crippen LogP) is 2.43. The van der Waals surface area contributed by atoms with Gasteiger partial charge in [-0.05, 0) is 18.6 Å². The maximum atomic E-state index is 12.2. The summed E-state index contributed by atoms with van der Waals surface area (Å²) in [6.45, 7) is 0.389. The van der Waals surface area contributed by atoms with Crippen LogP contribution in [0.4, 0.5) is 18.9 Å². The summed E-state index contributed by atoms with van der Waals surface area (Å²) in [5.41, 5.74) is 5.33. The van der Waals surface area contributed by atoms with Crippen molar-refractivity contribution in [2.45, 2.75) is 25.8 Å². The van der Waals surface area contributed by atoms with Crippen molar-refractivity contribution in [1.82, 2.24) is 0 Å². The lowest BCUT2D eigenvalue weighted by atomic mass is 10.1. The lowest BCUT2D eigenvalue weighted by molar-refractivity contribution is -0.217. The summed E-state index contributed by atoms with van der Waals surface area (Å²) in [6.07, 6.45) is -6.45. The number of nitrogen functional groups attached to an aromatic ring is 1. The van der Waals surface area contributed by atoms with Crippen LogP contribution in [0.25, 0.3) is 0 Å². The number of halogens is 3. The van der Waals surface area contributed by atoms with E-state index < -0.39 is 24.9 Å². The third-order valence-corrected chi connectivity index (χ3v) is 2.35. The summed E-state index contributed by atoms with van der Waals surface area (Å²) < 4.78 is 41.3. The zero-order chi connectivity index (χ0) is 13.9. The van der Waals surface area contributed by atoms with Crippen LogP contribution < -0.4 is 5.73 Å². The molecule has 0 radical (unpaired) electrons. The Labute approximate surface area is 101 Å². The van der Waals surface area contributed by atoms with Gasteiger partial charge < -0.3 is 15.6 Å². The minimum Gasteiger partial charge on any atom is -0.478 e. The van der Waals surface area contributed by atoms with Gasteiger partial charge in [0.05, 0.1) is 12.2 Å². The number of carbonyl (C=O) groups is 1. The highest BCUT2D eigenvalue weighted by atomic mass is 19.4. The van der Waals surface area contributed by atoms with Crippen molar-refractivity contribution in [2.24, 2.45) is 0 Å². The van der Waals surface area contributed by atoms with E-state index in [9.17, 15) is 18.0 Å². The van der Waals surface area contributed by atoms with Crippen LogP contribution in [0, 0.1) is 0 Å². The Hall–Kier alpha value is -1.76. The first kappa shape index (κ1) is 14.3. The van der Waals surface area contributed by atoms with E-state index in [-0.39, 0.29) is 16.8 Å². The molecule has 0 bridgehead atoms. The molecule has 3 N–H and O–H groups in total. The Kier molecular flexibility index (Phi) is 4.18. The molecule has 18 heavy (non-hydrogen) atoms. The summed E-state index contributed by atoms with van der Waals surface area (Å²) in [4.78, 5) is 10.9. The number of ether oxygens (including phenoxy) is 1. The SMILES string of the molecule is CC(OCc1cccc(N)c1C(=O)O)C(F)(F)F. The third-order valence-electron chi connectivity index (χ3n) is 2.35. The third kappa shape index (κ3) is 3.36. The standard InChI is InChI=1S/C11H12F3NO3/c1-6(11(12,13)14)18-5-7-3-2-4-8(15)9(7)10(16)17/h2-4,6H,5,15H2,1H3,(H,16,17). The maximum absolute atomic E-state index is 12.2. The van der Waals surface area contributed by atoms with Crippen LogP contribution >= 0.6 is 0 Å². The van der Waals surface area contributed by atoms with Gasteiger partial charge in [0.15, 0.2) is 6.10 Å². The molecule has 0 heterocycles. The fourth-order valence-corrected chi connectivity index (χ4v) is 1.31. The smallest absolute Gasteiger partial charge is 0.414 e. The van der Waals surface area contributed by atoms with Crippen LogP contribution in [0.2, 0.25) is 0 Å². The van der Waals surface area contributed by atoms with E-state index in [1.54, 1.807) is 0 Å². The van der Waals surface area contributed by atoms with Gasteiger partial charge in [0.1, 0.15) is 0 Å². The molecule has 1 aromatic carbocycles. The van der Waals surface area contributed by atoms with Crippen LogP contribution in [0.5, 0.6) is 0 Å². The molecule has 0 amide bonds. The van der Waals surface area contributed by atoms with Gasteiger partial charge in [-0.2, -0.15) is 13.2 Å². The predicted molar refractivity (Wildman–Crippen MR) is 58.1 cm³/mol. The highest BCUT2D eigenvalue weighted by molar-refractivity contribution is 5.95. The fraction of sp³-hybridized carbons (Fsp3) is 0.364. The average Bonchev–Trinajstić information content (AvgIpc) is 2.23. The number of nitrogens with two attached hydrogens (primary N) is 1. The average molecular weight is 263 g/mol. The number of carboxylic acid groups (broad SMARTS) is 1. The van der Waals surface area contributed by atoms with Gasteiger partial charge in [-0.1, -0.05) is 12.1 Å². The molecule has 1 rings (SSSR count). The first-order valence-electron chi connectivity index (χ1n) is 5.02. The number of rotatable bonds is 4. The number of benzene rings is 1. The first-order valence-corrected chi connectivity index (χ1v) is 5.02. The van der Waals surface area contributed by atoms with Crippen molar-refractivity contribution < 1.29 is 27.8 Å². The highest BCUT2D eigenvalue weighted by Gasteiger charge is 2.37. The number of carboxylic acids is 1. The van der Waals surface area contributed by atoms with E-state index in [0.717, 1.165) is 6.92 Å². The number of alkyl halides is 3. The van der Waals surface area contributed by atoms with Gasteiger partial charge in [-0.3, -0.25) is 0 Å². The van der Waals surface area contributed by atoms with Crippen molar-refractivity contribution in [3.8, 4) is 0 Å². The molecule has 100 valence electrons. The molecular weight excluding hydrogens is 251 g/mol. The van der Waals surface area contributed by atoms with Crippen molar-refractivity contribution in [1.29, 1.82) is 0 Å². The van der Waals surface area contributed by atoms with E-state index in [1.807, 2.05) is 0 Å². The molecule has 0 aliphatic rings. The number of hydrogen-bond acceptors (Lipinski definition) is 3. The second kappa shape index (κ2) is 5.26. The van der Waals surface area contributed by atoms with E-state index >= 15 is 0 Å². The Morgan fingerprint density at radius 2 is 2.11 bits per heavy atom. The lowest BCUT2D eigenvalue weighted by Crippen LogP contribution is -2.28. The van der Waals surface area contributed by atoms with Gasteiger partial charge in [0.25, 0.3) is 0 Å². The first-order chi connectivity index (χ1) is 8.23. The molecule has 1 unspecified atom stereocenters. The number of aromatic carboxylic acids is 1. The monoisotopic (exact) mass is 263 g/mol. The van der Waals surface area contributed by atoms with Gasteiger partial charge in [0, 0.05) is 5.69 Å². The molecule has 0 saturated heterocycles. The van der Waals surface area contributed by atoms with Crippen molar-refractivity contribution in [2.75, 3.05) is 5.73 Å². The van der Waals surface area contributed by atoms with Crippen LogP contribution in [0.1, 0.15) is 22.8 Å². The maximum Gasteiger partial charge on any atom is 0.414 e. The molecule has 1 atom stereocenters. The van der Waals surface area contributed by atoms with Crippen molar-refractivity contribution >= 4 is 11.7 Å². The lowest BCUT2D eigenvalue weighted by Gasteiger charge is -2.17. The normalized spacial score (nSPS) is 13.3. The van der Waals surface area contributed by atoms with Crippen LogP contribution in [-0.2, 0) is 11.3 Å². The van der Waals surface area contributed by atoms with E-state index in [1.165, 1.54) is 18.2 Å². The topological polar surface area (TPSA) is 72.5 Å². The van der Waals surface area contributed by atoms with Crippen molar-refractivity contribution in [3.05, 3.63) is 29.3 Å². The van der Waals surface area contributed by atoms with E-state index in [0.29, 0.717) is 0 Å². The Balaban J connectivity index is 2.86. The van der Waals surface area contributed by atoms with Gasteiger partial charge in [-0.15, -0.1) is 0 Å². The summed E-state index contributed by atoms with van der Waals surface area (Å²) in [7, 11) is 0. The minimum absolute atomic E-state index is 0.0109. The molecule has 4 nitrogen and oxygen atoms in total. The molecule has 0 spiro atoms. The summed E-state index contributed by atoms with van der Waals surface area (Å²) in [6, 6.07) is 4.18. The fourth-order valence-electron chi connectivity index (χ4n) is 1.31. The zero-order valence-electron chi connectivity index (χ0n) is 9.49. The number of hydrogen-bond donors (Lipinski definition) is 2. The van der Waals surface area contributed by atoms with Crippen molar-refractivity contribution in [3.63, 3.8) is 0 Å². The largest absolute Gasteiger partial charge is 0.478 e. The molecule has 1 aromatic rings. The molecular formula is C11H12F3NO3. The molecule has 0 saturated carbocycles. The summed E-state index contributed by atoms with van der Waals surface area (Å²) >= 11 is 0. The van der Waals surface area contributed by atoms with Gasteiger partial charge >= 0.3 is 12.1 Å². The molecule has 7 heteroatoms. The van der Waals surface area contributed by atoms with Crippen LogP contribution in [0.15, 0.2) is 18.2 Å². The molecule has 0 aromatic heterocycles. The summed E-state index contributed by atoms with van der Waals surface area (Å²) in [5.74, 6) is -1.30. The van der Waals surface area contributed by atoms with Crippen LogP contribution in [0.3, 0.4) is 0 Å². The minimum atomic E-state index is -4.48. The number of anilines is 1. The molecule has 0 aliphatic heterocycles. The van der Waals surface area contributed by atoms with Gasteiger partial charge in [-0.25, -0.2) is 4.79 Å². The second-order valence-corrected chi connectivity index (χ2v) is 3.68. The molecule has 0 aliphatic carbocycles. The van der Waals surface area contributed by atoms with E-state index in [4.69, 9.17) is 10.8 Å². The van der Waals surface area contributed by atoms with Crippen LogP contribution in [-0.4, -0.2) is 23.4 Å². The quantitative estimate of drug-likeness (QED) is 0.818. The Bertz CT molecular complexity index is 446. The molecule has 0 fully saturated rings.